The van der Waals surface area contributed by atoms with Gasteiger partial charge in [-0.1, -0.05) is 56.7 Å². The van der Waals surface area contributed by atoms with Crippen molar-refractivity contribution in [2.45, 2.75) is 58.5 Å². The normalized spacial score (nSPS) is 11.6. The molecule has 0 unspecified atom stereocenters. The molecule has 0 saturated carbocycles. The number of nitrogens with zero attached hydrogens (tertiary/aromatic N) is 1. The van der Waals surface area contributed by atoms with Crippen LogP contribution in [0.15, 0.2) is 41.5 Å². The molecule has 2 rings (SSSR count). The maximum absolute atomic E-state index is 12.8. The molecule has 1 N–H and O–H groups in total. The SMILES string of the molecule is CCCCCCCCOc1c(Cl)cc(/C=N/NC(=O)c2cccc(C(F)(F)F)c2)cc1OCC. The van der Waals surface area contributed by atoms with Gasteiger partial charge >= 0.3 is 6.18 Å². The van der Waals surface area contributed by atoms with Crippen LogP contribution >= 0.6 is 11.6 Å². The third-order valence-corrected chi connectivity index (χ3v) is 5.19. The zero-order chi connectivity index (χ0) is 25.0. The topological polar surface area (TPSA) is 59.9 Å². The fraction of sp³-hybridized carbons (Fsp3) is 0.440. The van der Waals surface area contributed by atoms with E-state index in [2.05, 4.69) is 17.5 Å². The second-order valence-corrected chi connectivity index (χ2v) is 8.06. The predicted molar refractivity (Wildman–Crippen MR) is 128 cm³/mol. The quantitative estimate of drug-likeness (QED) is 0.179. The van der Waals surface area contributed by atoms with Crippen LogP contribution in [0.25, 0.3) is 0 Å². The highest BCUT2D eigenvalue weighted by molar-refractivity contribution is 6.32. The summed E-state index contributed by atoms with van der Waals surface area (Å²) in [6, 6.07) is 7.39. The summed E-state index contributed by atoms with van der Waals surface area (Å²) in [4.78, 5) is 12.2. The van der Waals surface area contributed by atoms with Crippen LogP contribution in [0.4, 0.5) is 13.2 Å². The first-order valence-electron chi connectivity index (χ1n) is 11.4. The van der Waals surface area contributed by atoms with Gasteiger partial charge in [0.1, 0.15) is 0 Å². The van der Waals surface area contributed by atoms with E-state index < -0.39 is 17.6 Å². The molecule has 0 fully saturated rings. The van der Waals surface area contributed by atoms with Gasteiger partial charge in [-0.2, -0.15) is 18.3 Å². The number of hydrogen-bond donors (Lipinski definition) is 1. The largest absolute Gasteiger partial charge is 0.490 e. The van der Waals surface area contributed by atoms with E-state index in [0.29, 0.717) is 35.3 Å². The predicted octanol–water partition coefficient (Wildman–Crippen LogP) is 7.26. The maximum Gasteiger partial charge on any atom is 0.416 e. The van der Waals surface area contributed by atoms with Gasteiger partial charge in [0.05, 0.1) is 30.0 Å². The van der Waals surface area contributed by atoms with E-state index in [4.69, 9.17) is 21.1 Å². The lowest BCUT2D eigenvalue weighted by Gasteiger charge is -2.14. The van der Waals surface area contributed by atoms with E-state index in [9.17, 15) is 18.0 Å². The molecule has 0 heterocycles. The molecule has 0 saturated heterocycles. The third-order valence-electron chi connectivity index (χ3n) is 4.91. The van der Waals surface area contributed by atoms with Crippen LogP contribution in [0.3, 0.4) is 0 Å². The van der Waals surface area contributed by atoms with E-state index in [0.717, 1.165) is 25.0 Å². The van der Waals surface area contributed by atoms with E-state index in [1.807, 2.05) is 6.92 Å². The molecule has 5 nitrogen and oxygen atoms in total. The summed E-state index contributed by atoms with van der Waals surface area (Å²) in [5.41, 5.74) is 1.69. The van der Waals surface area contributed by atoms with Crippen LogP contribution in [0.2, 0.25) is 5.02 Å². The van der Waals surface area contributed by atoms with Gasteiger partial charge in [0.15, 0.2) is 11.5 Å². The van der Waals surface area contributed by atoms with E-state index in [1.165, 1.54) is 44.0 Å². The Balaban J connectivity index is 2.00. The molecule has 2 aromatic carbocycles. The second-order valence-electron chi connectivity index (χ2n) is 7.66. The minimum atomic E-state index is -4.54. The van der Waals surface area contributed by atoms with Crippen molar-refractivity contribution in [2.24, 2.45) is 5.10 Å². The number of rotatable bonds is 13. The number of ether oxygens (including phenoxy) is 2. The van der Waals surface area contributed by atoms with Gasteiger partial charge in [0.2, 0.25) is 0 Å². The van der Waals surface area contributed by atoms with Crippen LogP contribution in [-0.2, 0) is 6.18 Å². The molecule has 0 bridgehead atoms. The van der Waals surface area contributed by atoms with Gasteiger partial charge in [-0.15, -0.1) is 0 Å². The molecule has 2 aromatic rings. The summed E-state index contributed by atoms with van der Waals surface area (Å²) in [5, 5.41) is 4.17. The fourth-order valence-electron chi connectivity index (χ4n) is 3.19. The molecule has 0 atom stereocenters. The number of hydrazone groups is 1. The number of halogens is 4. The molecule has 0 aliphatic heterocycles. The summed E-state index contributed by atoms with van der Waals surface area (Å²) in [6.07, 6.45) is 3.63. The van der Waals surface area contributed by atoms with Crippen LogP contribution < -0.4 is 14.9 Å². The highest BCUT2D eigenvalue weighted by Gasteiger charge is 2.30. The number of benzene rings is 2. The van der Waals surface area contributed by atoms with Crippen molar-refractivity contribution in [3.05, 3.63) is 58.1 Å². The highest BCUT2D eigenvalue weighted by Crippen LogP contribution is 2.36. The van der Waals surface area contributed by atoms with E-state index in [-0.39, 0.29) is 5.56 Å². The van der Waals surface area contributed by atoms with Crippen LogP contribution in [0.5, 0.6) is 11.5 Å². The molecule has 0 aromatic heterocycles. The number of carbonyl (C=O) groups is 1. The van der Waals surface area contributed by atoms with Crippen LogP contribution in [0.1, 0.15) is 73.9 Å². The number of unbranched alkanes of at least 4 members (excludes halogenated alkanes) is 5. The summed E-state index contributed by atoms with van der Waals surface area (Å²) in [5.74, 6) is 0.131. The van der Waals surface area contributed by atoms with Crippen LogP contribution in [0, 0.1) is 0 Å². The summed E-state index contributed by atoms with van der Waals surface area (Å²) in [6.45, 7) is 4.93. The zero-order valence-corrected chi connectivity index (χ0v) is 20.1. The van der Waals surface area contributed by atoms with Crippen molar-refractivity contribution in [1.82, 2.24) is 5.43 Å². The molecule has 0 radical (unpaired) electrons. The Kier molecular flexibility index (Phi) is 11.2. The van der Waals surface area contributed by atoms with Gasteiger partial charge in [-0.05, 0) is 49.2 Å². The van der Waals surface area contributed by atoms with E-state index >= 15 is 0 Å². The Morgan fingerprint density at radius 1 is 1.06 bits per heavy atom. The minimum Gasteiger partial charge on any atom is -0.490 e. The summed E-state index contributed by atoms with van der Waals surface area (Å²) in [7, 11) is 0. The van der Waals surface area contributed by atoms with Gasteiger partial charge in [-0.3, -0.25) is 4.79 Å². The number of amides is 1. The molecule has 9 heteroatoms. The van der Waals surface area contributed by atoms with Gasteiger partial charge in [0, 0.05) is 5.56 Å². The van der Waals surface area contributed by atoms with Crippen LogP contribution in [-0.4, -0.2) is 25.3 Å². The molecule has 0 aliphatic carbocycles. The average Bonchev–Trinajstić information content (AvgIpc) is 2.79. The lowest BCUT2D eigenvalue weighted by molar-refractivity contribution is -0.137. The van der Waals surface area contributed by atoms with Crippen molar-refractivity contribution in [3.8, 4) is 11.5 Å². The van der Waals surface area contributed by atoms with Crippen molar-refractivity contribution in [1.29, 1.82) is 0 Å². The Hall–Kier alpha value is -2.74. The third kappa shape index (κ3) is 8.89. The van der Waals surface area contributed by atoms with Gasteiger partial charge < -0.3 is 9.47 Å². The minimum absolute atomic E-state index is 0.154. The molecular formula is C25H30ClF3N2O3. The number of nitrogens with one attached hydrogen (secondary N) is 1. The number of carbonyl (C=O) groups excluding carboxylic acids is 1. The molecule has 0 spiro atoms. The fourth-order valence-corrected chi connectivity index (χ4v) is 3.46. The standard InChI is InChI=1S/C25H30ClF3N2O3/c1-3-5-6-7-8-9-13-34-23-21(26)14-18(15-22(23)33-4-2)17-30-31-24(32)19-11-10-12-20(16-19)25(27,28)29/h10-12,14-17H,3-9,13H2,1-2H3,(H,31,32)/b30-17+. The first-order valence-corrected chi connectivity index (χ1v) is 11.7. The second kappa shape index (κ2) is 13.8. The molecule has 186 valence electrons. The van der Waals surface area contributed by atoms with Crippen molar-refractivity contribution in [2.75, 3.05) is 13.2 Å². The van der Waals surface area contributed by atoms with Crippen molar-refractivity contribution >= 4 is 23.7 Å². The highest BCUT2D eigenvalue weighted by atomic mass is 35.5. The first-order chi connectivity index (χ1) is 16.3. The lowest BCUT2D eigenvalue weighted by atomic mass is 10.1. The molecule has 1 amide bonds. The summed E-state index contributed by atoms with van der Waals surface area (Å²) >= 11 is 6.39. The van der Waals surface area contributed by atoms with Crippen molar-refractivity contribution < 1.29 is 27.4 Å². The zero-order valence-electron chi connectivity index (χ0n) is 19.4. The van der Waals surface area contributed by atoms with E-state index in [1.54, 1.807) is 12.1 Å². The first kappa shape index (κ1) is 27.5. The van der Waals surface area contributed by atoms with Crippen molar-refractivity contribution in [3.63, 3.8) is 0 Å². The lowest BCUT2D eigenvalue weighted by Crippen LogP contribution is -2.18. The average molecular weight is 499 g/mol. The molecular weight excluding hydrogens is 469 g/mol. The Morgan fingerprint density at radius 2 is 1.79 bits per heavy atom. The van der Waals surface area contributed by atoms with Gasteiger partial charge in [0.25, 0.3) is 5.91 Å². The monoisotopic (exact) mass is 498 g/mol. The Morgan fingerprint density at radius 3 is 2.50 bits per heavy atom. The smallest absolute Gasteiger partial charge is 0.416 e. The number of alkyl halides is 3. The Bertz CT molecular complexity index is 965. The molecule has 0 aliphatic rings. The summed E-state index contributed by atoms with van der Waals surface area (Å²) < 4.78 is 50.0. The maximum atomic E-state index is 12.8. The number of hydrogen-bond acceptors (Lipinski definition) is 4. The van der Waals surface area contributed by atoms with Gasteiger partial charge in [-0.25, -0.2) is 5.43 Å². The molecule has 34 heavy (non-hydrogen) atoms. The Labute approximate surface area is 203 Å².